The Morgan fingerprint density at radius 1 is 1.00 bits per heavy atom. The van der Waals surface area contributed by atoms with Crippen LogP contribution in [0.1, 0.15) is 11.1 Å². The van der Waals surface area contributed by atoms with Crippen molar-refractivity contribution in [2.75, 3.05) is 6.61 Å². The molecule has 0 amide bonds. The molecule has 0 atom stereocenters. The van der Waals surface area contributed by atoms with Gasteiger partial charge in [0.2, 0.25) is 0 Å². The summed E-state index contributed by atoms with van der Waals surface area (Å²) in [5.74, 6) is 0.471. The molecule has 0 fully saturated rings. The van der Waals surface area contributed by atoms with Crippen molar-refractivity contribution in [3.8, 4) is 5.75 Å². The van der Waals surface area contributed by atoms with Crippen LogP contribution < -0.4 is 4.74 Å². The normalized spacial score (nSPS) is 13.8. The number of ether oxygens (including phenoxy) is 2. The fraction of sp³-hybridized carbons (Fsp3) is 0.118. The van der Waals surface area contributed by atoms with Crippen molar-refractivity contribution in [3.63, 3.8) is 0 Å². The average molecular weight is 266 g/mol. The molecule has 0 aromatic heterocycles. The molecule has 0 spiro atoms. The zero-order valence-electron chi connectivity index (χ0n) is 10.9. The fourth-order valence-electron chi connectivity index (χ4n) is 2.12. The maximum Gasteiger partial charge on any atom is 0.331 e. The number of hydrogen-bond donors (Lipinski definition) is 0. The van der Waals surface area contributed by atoms with Gasteiger partial charge in [0.05, 0.1) is 0 Å². The Labute approximate surface area is 117 Å². The van der Waals surface area contributed by atoms with Crippen molar-refractivity contribution in [1.29, 1.82) is 0 Å². The van der Waals surface area contributed by atoms with Crippen LogP contribution in [0.4, 0.5) is 0 Å². The highest BCUT2D eigenvalue weighted by Gasteiger charge is 2.17. The number of carbonyl (C=O) groups is 1. The molecule has 1 aliphatic rings. The molecule has 0 radical (unpaired) electrons. The standard InChI is InChI=1S/C17H14O3/c18-17-10-14(12-20-17)15-8-4-5-9-16(15)19-11-13-6-2-1-3-7-13/h1-10H,11-12H2. The third-order valence-electron chi connectivity index (χ3n) is 3.13. The van der Waals surface area contributed by atoms with E-state index in [4.69, 9.17) is 9.47 Å². The van der Waals surface area contributed by atoms with Crippen LogP contribution in [0, 0.1) is 0 Å². The van der Waals surface area contributed by atoms with Gasteiger partial charge in [-0.2, -0.15) is 0 Å². The highest BCUT2D eigenvalue weighted by atomic mass is 16.5. The summed E-state index contributed by atoms with van der Waals surface area (Å²) in [6.45, 7) is 0.810. The molecular weight excluding hydrogens is 252 g/mol. The molecule has 0 unspecified atom stereocenters. The predicted octanol–water partition coefficient (Wildman–Crippen LogP) is 3.21. The molecule has 0 aliphatic carbocycles. The van der Waals surface area contributed by atoms with Crippen molar-refractivity contribution < 1.29 is 14.3 Å². The first kappa shape index (κ1) is 12.5. The molecule has 20 heavy (non-hydrogen) atoms. The van der Waals surface area contributed by atoms with Gasteiger partial charge in [-0.3, -0.25) is 0 Å². The number of para-hydroxylation sites is 1. The Hall–Kier alpha value is -2.55. The smallest absolute Gasteiger partial charge is 0.331 e. The lowest BCUT2D eigenvalue weighted by atomic mass is 10.1. The molecule has 1 aliphatic heterocycles. The Morgan fingerprint density at radius 3 is 2.50 bits per heavy atom. The molecule has 2 aromatic carbocycles. The van der Waals surface area contributed by atoms with Crippen molar-refractivity contribution in [2.24, 2.45) is 0 Å². The Balaban J connectivity index is 1.80. The number of cyclic esters (lactones) is 1. The van der Waals surface area contributed by atoms with E-state index in [2.05, 4.69) is 0 Å². The monoisotopic (exact) mass is 266 g/mol. The molecular formula is C17H14O3. The maximum atomic E-state index is 11.2. The zero-order valence-corrected chi connectivity index (χ0v) is 10.9. The summed E-state index contributed by atoms with van der Waals surface area (Å²) >= 11 is 0. The van der Waals surface area contributed by atoms with E-state index in [9.17, 15) is 4.79 Å². The average Bonchev–Trinajstić information content (AvgIpc) is 2.93. The van der Waals surface area contributed by atoms with Crippen LogP contribution in [0.15, 0.2) is 60.7 Å². The summed E-state index contributed by atoms with van der Waals surface area (Å²) in [7, 11) is 0. The number of esters is 1. The van der Waals surface area contributed by atoms with Crippen molar-refractivity contribution in [2.45, 2.75) is 6.61 Å². The van der Waals surface area contributed by atoms with Crippen LogP contribution >= 0.6 is 0 Å². The molecule has 100 valence electrons. The minimum Gasteiger partial charge on any atom is -0.488 e. The summed E-state index contributed by atoms with van der Waals surface area (Å²) in [6, 6.07) is 17.7. The SMILES string of the molecule is O=C1C=C(c2ccccc2OCc2ccccc2)CO1. The third-order valence-corrected chi connectivity index (χ3v) is 3.13. The molecule has 3 nitrogen and oxygen atoms in total. The van der Waals surface area contributed by atoms with Gasteiger partial charge < -0.3 is 9.47 Å². The van der Waals surface area contributed by atoms with Gasteiger partial charge in [0.15, 0.2) is 0 Å². The van der Waals surface area contributed by atoms with Crippen LogP contribution in [-0.4, -0.2) is 12.6 Å². The molecule has 0 N–H and O–H groups in total. The predicted molar refractivity (Wildman–Crippen MR) is 76.2 cm³/mol. The van der Waals surface area contributed by atoms with Crippen LogP contribution in [0.25, 0.3) is 5.57 Å². The van der Waals surface area contributed by atoms with Gasteiger partial charge in [-0.05, 0) is 11.6 Å². The minimum absolute atomic E-state index is 0.294. The van der Waals surface area contributed by atoms with E-state index in [0.29, 0.717) is 13.2 Å². The summed E-state index contributed by atoms with van der Waals surface area (Å²) in [5.41, 5.74) is 2.88. The first-order chi connectivity index (χ1) is 9.83. The molecule has 0 saturated heterocycles. The lowest BCUT2D eigenvalue weighted by molar-refractivity contribution is -0.134. The number of carbonyl (C=O) groups excluding carboxylic acids is 1. The zero-order chi connectivity index (χ0) is 13.8. The van der Waals surface area contributed by atoms with Gasteiger partial charge >= 0.3 is 5.97 Å². The second kappa shape index (κ2) is 5.61. The summed E-state index contributed by atoms with van der Waals surface area (Å²) in [4.78, 5) is 11.2. The Bertz CT molecular complexity index is 644. The lowest BCUT2D eigenvalue weighted by Gasteiger charge is -2.11. The second-order valence-electron chi connectivity index (χ2n) is 4.55. The van der Waals surface area contributed by atoms with Crippen molar-refractivity contribution >= 4 is 11.5 Å². The molecule has 0 saturated carbocycles. The summed E-state index contributed by atoms with van der Waals surface area (Å²) < 4.78 is 10.8. The van der Waals surface area contributed by atoms with E-state index in [1.807, 2.05) is 54.6 Å². The number of rotatable bonds is 4. The highest BCUT2D eigenvalue weighted by Crippen LogP contribution is 2.29. The molecule has 3 rings (SSSR count). The first-order valence-electron chi connectivity index (χ1n) is 6.46. The molecule has 2 aromatic rings. The van der Waals surface area contributed by atoms with E-state index < -0.39 is 0 Å². The summed E-state index contributed by atoms with van der Waals surface area (Å²) in [5, 5.41) is 0. The molecule has 0 bridgehead atoms. The fourth-order valence-corrected chi connectivity index (χ4v) is 2.12. The van der Waals surface area contributed by atoms with E-state index in [-0.39, 0.29) is 5.97 Å². The third kappa shape index (κ3) is 2.72. The van der Waals surface area contributed by atoms with Gasteiger partial charge in [0.1, 0.15) is 19.0 Å². The summed E-state index contributed by atoms with van der Waals surface area (Å²) in [6.07, 6.45) is 1.52. The van der Waals surface area contributed by atoms with Crippen LogP contribution in [0.5, 0.6) is 5.75 Å². The van der Waals surface area contributed by atoms with Crippen molar-refractivity contribution in [3.05, 3.63) is 71.8 Å². The second-order valence-corrected chi connectivity index (χ2v) is 4.55. The number of hydrogen-bond acceptors (Lipinski definition) is 3. The Kier molecular flexibility index (Phi) is 3.50. The topological polar surface area (TPSA) is 35.5 Å². The number of benzene rings is 2. The first-order valence-corrected chi connectivity index (χ1v) is 6.46. The van der Waals surface area contributed by atoms with Crippen LogP contribution in [0.3, 0.4) is 0 Å². The largest absolute Gasteiger partial charge is 0.488 e. The van der Waals surface area contributed by atoms with E-state index in [1.54, 1.807) is 0 Å². The lowest BCUT2D eigenvalue weighted by Crippen LogP contribution is -1.99. The van der Waals surface area contributed by atoms with Crippen LogP contribution in [0.2, 0.25) is 0 Å². The van der Waals surface area contributed by atoms with Gasteiger partial charge in [0.25, 0.3) is 0 Å². The maximum absolute atomic E-state index is 11.2. The van der Waals surface area contributed by atoms with Gasteiger partial charge in [-0.1, -0.05) is 48.5 Å². The molecule has 3 heteroatoms. The van der Waals surface area contributed by atoms with Gasteiger partial charge in [0, 0.05) is 17.2 Å². The van der Waals surface area contributed by atoms with Gasteiger partial charge in [-0.15, -0.1) is 0 Å². The van der Waals surface area contributed by atoms with E-state index >= 15 is 0 Å². The highest BCUT2D eigenvalue weighted by molar-refractivity contribution is 5.96. The van der Waals surface area contributed by atoms with E-state index in [0.717, 1.165) is 22.4 Å². The van der Waals surface area contributed by atoms with Crippen molar-refractivity contribution in [1.82, 2.24) is 0 Å². The van der Waals surface area contributed by atoms with E-state index in [1.165, 1.54) is 6.08 Å². The van der Waals surface area contributed by atoms with Gasteiger partial charge in [-0.25, -0.2) is 4.79 Å². The van der Waals surface area contributed by atoms with Crippen LogP contribution in [-0.2, 0) is 16.1 Å². The minimum atomic E-state index is -0.294. The Morgan fingerprint density at radius 2 is 1.75 bits per heavy atom. The molecule has 1 heterocycles. The quantitative estimate of drug-likeness (QED) is 0.797.